The van der Waals surface area contributed by atoms with Crippen molar-refractivity contribution < 1.29 is 0 Å². The molecule has 0 saturated heterocycles. The third-order valence-electron chi connectivity index (χ3n) is 13.4. The number of benzene rings is 1. The van der Waals surface area contributed by atoms with E-state index in [1.165, 1.54) is 289 Å². The minimum absolute atomic E-state index is 0.789. The minimum atomic E-state index is 0.789. The molecule has 1 rings (SSSR count). The van der Waals surface area contributed by atoms with Gasteiger partial charge in [0.05, 0.1) is 0 Å². The quantitative estimate of drug-likeness (QED) is 0.0578. The normalized spacial score (nSPS) is 12.2. The molecule has 0 amide bonds. The van der Waals surface area contributed by atoms with E-state index in [2.05, 4.69) is 45.9 Å². The summed E-state index contributed by atoms with van der Waals surface area (Å²) in [6.07, 6.45) is 65.0. The van der Waals surface area contributed by atoms with Gasteiger partial charge in [0.15, 0.2) is 0 Å². The van der Waals surface area contributed by atoms with Crippen LogP contribution in [0.25, 0.3) is 0 Å². The second-order valence-corrected chi connectivity index (χ2v) is 18.8. The van der Waals surface area contributed by atoms with Gasteiger partial charge < -0.3 is 0 Å². The van der Waals surface area contributed by atoms with Crippen LogP contribution in [0.4, 0.5) is 0 Å². The Labute approximate surface area is 356 Å². The molecule has 1 aromatic rings. The van der Waals surface area contributed by atoms with Crippen molar-refractivity contribution in [3.8, 4) is 0 Å². The van der Waals surface area contributed by atoms with E-state index in [4.69, 9.17) is 0 Å². The van der Waals surface area contributed by atoms with Crippen LogP contribution >= 0.6 is 0 Å². The first-order chi connectivity index (χ1) is 27.8. The average Bonchev–Trinajstić information content (AvgIpc) is 3.21. The molecule has 0 saturated carbocycles. The topological polar surface area (TPSA) is 0 Å². The molecule has 0 heterocycles. The van der Waals surface area contributed by atoms with Crippen LogP contribution in [0.5, 0.6) is 0 Å². The average molecular weight is 779 g/mol. The van der Waals surface area contributed by atoms with Gasteiger partial charge in [0.25, 0.3) is 0 Å². The van der Waals surface area contributed by atoms with E-state index in [-0.39, 0.29) is 0 Å². The number of hydrogen-bond donors (Lipinski definition) is 0. The zero-order valence-corrected chi connectivity index (χ0v) is 39.6. The standard InChI is InChI=1S/C56H106/c1-5-9-13-15-17-19-20-21-22-23-24-25-26-27-28-29-30-31-32-33-34-35-36-37-38-39-41-43-45-49-54(48-44-42-40-18-16-14-10-6-2)56-52-46-50-53(47-11-7-3)55(56)51-12-8-4/h46,50,52,54H,5-45,47-49,51H2,1-4H3. The molecule has 0 aliphatic carbocycles. The summed E-state index contributed by atoms with van der Waals surface area (Å²) in [7, 11) is 0. The van der Waals surface area contributed by atoms with Crippen molar-refractivity contribution in [3.05, 3.63) is 34.9 Å². The van der Waals surface area contributed by atoms with Crippen molar-refractivity contribution in [1.82, 2.24) is 0 Å². The molecule has 330 valence electrons. The van der Waals surface area contributed by atoms with Gasteiger partial charge in [-0.2, -0.15) is 0 Å². The summed E-state index contributed by atoms with van der Waals surface area (Å²) in [5.74, 6) is 0.789. The molecule has 0 N–H and O–H groups in total. The van der Waals surface area contributed by atoms with E-state index < -0.39 is 0 Å². The lowest BCUT2D eigenvalue weighted by molar-refractivity contribution is 0.478. The monoisotopic (exact) mass is 779 g/mol. The Hall–Kier alpha value is -0.780. The Balaban J connectivity index is 2.10. The summed E-state index contributed by atoms with van der Waals surface area (Å²) in [6.45, 7) is 9.37. The van der Waals surface area contributed by atoms with Crippen LogP contribution in [0.2, 0.25) is 0 Å². The van der Waals surface area contributed by atoms with Crippen molar-refractivity contribution in [2.75, 3.05) is 0 Å². The maximum absolute atomic E-state index is 2.55. The number of rotatable bonds is 46. The molecule has 1 aromatic carbocycles. The van der Waals surface area contributed by atoms with Gasteiger partial charge in [0.1, 0.15) is 0 Å². The lowest BCUT2D eigenvalue weighted by atomic mass is 9.82. The predicted molar refractivity (Wildman–Crippen MR) is 258 cm³/mol. The van der Waals surface area contributed by atoms with Gasteiger partial charge in [0, 0.05) is 0 Å². The van der Waals surface area contributed by atoms with Crippen LogP contribution < -0.4 is 0 Å². The molecule has 56 heavy (non-hydrogen) atoms. The molecule has 0 heteroatoms. The number of unbranched alkanes of at least 4 members (excludes halogenated alkanes) is 37. The highest BCUT2D eigenvalue weighted by molar-refractivity contribution is 5.38. The predicted octanol–water partition coefficient (Wildman–Crippen LogP) is 20.7. The first-order valence-electron chi connectivity index (χ1n) is 26.9. The Morgan fingerprint density at radius 1 is 0.286 bits per heavy atom. The number of hydrogen-bond acceptors (Lipinski definition) is 0. The van der Waals surface area contributed by atoms with E-state index in [0.717, 1.165) is 5.92 Å². The molecular weight excluding hydrogens is 673 g/mol. The van der Waals surface area contributed by atoms with Crippen LogP contribution in [0.3, 0.4) is 0 Å². The van der Waals surface area contributed by atoms with Crippen molar-refractivity contribution in [2.45, 2.75) is 323 Å². The van der Waals surface area contributed by atoms with Crippen LogP contribution in [0.1, 0.15) is 326 Å². The largest absolute Gasteiger partial charge is 0.0654 e. The van der Waals surface area contributed by atoms with Crippen molar-refractivity contribution in [1.29, 1.82) is 0 Å². The summed E-state index contributed by atoms with van der Waals surface area (Å²) in [5, 5.41) is 0. The molecule has 0 spiro atoms. The highest BCUT2D eigenvalue weighted by Crippen LogP contribution is 2.34. The van der Waals surface area contributed by atoms with Crippen molar-refractivity contribution in [2.24, 2.45) is 0 Å². The number of aryl methyl sites for hydroxylation is 1. The van der Waals surface area contributed by atoms with Crippen LogP contribution in [-0.4, -0.2) is 0 Å². The van der Waals surface area contributed by atoms with Crippen molar-refractivity contribution in [3.63, 3.8) is 0 Å². The van der Waals surface area contributed by atoms with Crippen molar-refractivity contribution >= 4 is 0 Å². The van der Waals surface area contributed by atoms with E-state index in [1.54, 1.807) is 16.7 Å². The zero-order chi connectivity index (χ0) is 40.3. The van der Waals surface area contributed by atoms with E-state index >= 15 is 0 Å². The molecule has 0 aromatic heterocycles. The van der Waals surface area contributed by atoms with Gasteiger partial charge in [-0.3, -0.25) is 0 Å². The molecule has 0 radical (unpaired) electrons. The van der Waals surface area contributed by atoms with E-state index in [0.29, 0.717) is 0 Å². The molecular formula is C56H106. The fourth-order valence-corrected chi connectivity index (χ4v) is 9.51. The fraction of sp³-hybridized carbons (Fsp3) is 0.893. The SMILES string of the molecule is CCCCCCCCCCCCCCCCCCCCCCCCCCCCCCCC(CCCCCCCCCC)c1cccc(CCCC)c1CCCC. The molecule has 0 aliphatic heterocycles. The molecule has 0 aliphatic rings. The first-order valence-corrected chi connectivity index (χ1v) is 26.9. The Bertz CT molecular complexity index is 882. The van der Waals surface area contributed by atoms with E-state index in [1.807, 2.05) is 0 Å². The van der Waals surface area contributed by atoms with Gasteiger partial charge in [-0.25, -0.2) is 0 Å². The highest BCUT2D eigenvalue weighted by atomic mass is 14.2. The summed E-state index contributed by atoms with van der Waals surface area (Å²) in [5.41, 5.74) is 5.21. The summed E-state index contributed by atoms with van der Waals surface area (Å²) in [4.78, 5) is 0. The Morgan fingerprint density at radius 2 is 0.554 bits per heavy atom. The van der Waals surface area contributed by atoms with Crippen LogP contribution in [0.15, 0.2) is 18.2 Å². The third kappa shape index (κ3) is 33.1. The zero-order valence-electron chi connectivity index (χ0n) is 39.6. The second kappa shape index (κ2) is 43.8. The van der Waals surface area contributed by atoms with Crippen LogP contribution in [-0.2, 0) is 12.8 Å². The van der Waals surface area contributed by atoms with Gasteiger partial charge >= 0.3 is 0 Å². The summed E-state index contributed by atoms with van der Waals surface area (Å²) < 4.78 is 0. The lowest BCUT2D eigenvalue weighted by Crippen LogP contribution is -2.07. The van der Waals surface area contributed by atoms with Gasteiger partial charge in [-0.1, -0.05) is 296 Å². The molecule has 0 bridgehead atoms. The lowest BCUT2D eigenvalue weighted by Gasteiger charge is -2.23. The minimum Gasteiger partial charge on any atom is -0.0654 e. The first kappa shape index (κ1) is 53.2. The van der Waals surface area contributed by atoms with Gasteiger partial charge in [-0.05, 0) is 61.1 Å². The maximum Gasteiger partial charge on any atom is -0.0159 e. The fourth-order valence-electron chi connectivity index (χ4n) is 9.51. The third-order valence-corrected chi connectivity index (χ3v) is 13.4. The summed E-state index contributed by atoms with van der Waals surface area (Å²) >= 11 is 0. The highest BCUT2D eigenvalue weighted by Gasteiger charge is 2.17. The van der Waals surface area contributed by atoms with Gasteiger partial charge in [0.2, 0.25) is 0 Å². The van der Waals surface area contributed by atoms with Crippen LogP contribution in [0, 0.1) is 0 Å². The maximum atomic E-state index is 2.55. The summed E-state index contributed by atoms with van der Waals surface area (Å²) in [6, 6.07) is 7.44. The Kier molecular flexibility index (Phi) is 41.6. The smallest absolute Gasteiger partial charge is 0.0159 e. The molecule has 0 nitrogen and oxygen atoms in total. The van der Waals surface area contributed by atoms with Gasteiger partial charge in [-0.15, -0.1) is 0 Å². The Morgan fingerprint density at radius 3 is 0.857 bits per heavy atom. The molecule has 1 atom stereocenters. The molecule has 1 unspecified atom stereocenters. The second-order valence-electron chi connectivity index (χ2n) is 18.8. The van der Waals surface area contributed by atoms with E-state index in [9.17, 15) is 0 Å². The molecule has 0 fully saturated rings.